The fourth-order valence-corrected chi connectivity index (χ4v) is 5.34. The van der Waals surface area contributed by atoms with Crippen LogP contribution >= 0.6 is 34.8 Å². The van der Waals surface area contributed by atoms with E-state index in [0.717, 1.165) is 55.7 Å². The lowest BCUT2D eigenvalue weighted by Crippen LogP contribution is -2.05. The van der Waals surface area contributed by atoms with Crippen LogP contribution in [0.25, 0.3) is 21.8 Å². The Morgan fingerprint density at radius 2 is 1.08 bits per heavy atom. The third-order valence-electron chi connectivity index (χ3n) is 6.89. The van der Waals surface area contributed by atoms with E-state index in [1.54, 1.807) is 36.7 Å². The van der Waals surface area contributed by atoms with Gasteiger partial charge in [-0.1, -0.05) is 35.3 Å². The Balaban J connectivity index is 0.000000177. The van der Waals surface area contributed by atoms with Gasteiger partial charge in [0.25, 0.3) is 0 Å². The maximum absolute atomic E-state index is 11.7. The summed E-state index contributed by atoms with van der Waals surface area (Å²) in [6.07, 6.45) is 3.90. The van der Waals surface area contributed by atoms with Crippen LogP contribution in [-0.2, 0) is 21.8 Å². The Hall–Kier alpha value is -4.63. The number of methoxy groups -OCH3 is 2. The van der Waals surface area contributed by atoms with Gasteiger partial charge in [-0.25, -0.2) is 9.59 Å². The van der Waals surface area contributed by atoms with E-state index in [1.807, 2.05) is 69.3 Å². The monoisotopic (exact) mass is 702 g/mol. The first-order valence-electron chi connectivity index (χ1n) is 14.7. The van der Waals surface area contributed by atoms with Crippen molar-refractivity contribution in [3.8, 4) is 0 Å². The third kappa shape index (κ3) is 10.2. The summed E-state index contributed by atoms with van der Waals surface area (Å²) in [5.41, 5.74) is 8.33. The van der Waals surface area contributed by atoms with Gasteiger partial charge >= 0.3 is 11.9 Å². The number of carbonyl (C=O) groups is 2. The quantitative estimate of drug-likeness (QED) is 0.129. The number of esters is 2. The number of fused-ring (bicyclic) bond motifs is 2. The number of pyridine rings is 4. The minimum atomic E-state index is -0.355. The summed E-state index contributed by atoms with van der Waals surface area (Å²) in [4.78, 5) is 39.9. The molecule has 0 aliphatic heterocycles. The van der Waals surface area contributed by atoms with Crippen molar-refractivity contribution in [3.63, 3.8) is 0 Å². The van der Waals surface area contributed by atoms with Crippen LogP contribution in [0.1, 0.15) is 54.6 Å². The van der Waals surface area contributed by atoms with E-state index in [1.165, 1.54) is 14.2 Å². The third-order valence-corrected chi connectivity index (χ3v) is 7.62. The molecule has 0 amide bonds. The first kappa shape index (κ1) is 36.2. The number of alkyl halides is 1. The highest BCUT2D eigenvalue weighted by molar-refractivity contribution is 6.31. The topological polar surface area (TPSA) is 104 Å². The molecule has 6 aromatic rings. The van der Waals surface area contributed by atoms with Crippen LogP contribution in [0.3, 0.4) is 0 Å². The number of rotatable bonds is 5. The number of benzene rings is 2. The number of carbonyl (C=O) groups excluding carboxylic acids is 2. The van der Waals surface area contributed by atoms with E-state index in [4.69, 9.17) is 39.5 Å². The summed E-state index contributed by atoms with van der Waals surface area (Å²) in [7, 11) is 2.74. The van der Waals surface area contributed by atoms with E-state index in [9.17, 15) is 9.59 Å². The van der Waals surface area contributed by atoms with Crippen molar-refractivity contribution in [1.82, 2.24) is 19.9 Å². The molecule has 6 rings (SSSR count). The Kier molecular flexibility index (Phi) is 12.8. The average Bonchev–Trinajstić information content (AvgIpc) is 3.06. The Labute approximate surface area is 294 Å². The number of hydrogen-bond acceptors (Lipinski definition) is 8. The van der Waals surface area contributed by atoms with Crippen molar-refractivity contribution in [2.24, 2.45) is 0 Å². The Bertz CT molecular complexity index is 2070. The van der Waals surface area contributed by atoms with Crippen LogP contribution in [0.5, 0.6) is 0 Å². The minimum absolute atomic E-state index is 0.316. The fraction of sp³-hybridized carbons (Fsp3) is 0.189. The predicted molar refractivity (Wildman–Crippen MR) is 191 cm³/mol. The molecule has 0 aliphatic carbocycles. The summed E-state index contributed by atoms with van der Waals surface area (Å²) >= 11 is 17.5. The first-order chi connectivity index (χ1) is 23.0. The van der Waals surface area contributed by atoms with Crippen LogP contribution in [0, 0.1) is 20.8 Å². The lowest BCUT2D eigenvalue weighted by molar-refractivity contribution is 0.0591. The molecule has 4 aromatic heterocycles. The molecule has 0 bridgehead atoms. The van der Waals surface area contributed by atoms with Gasteiger partial charge in [-0.05, 0) is 92.6 Å². The Morgan fingerprint density at radius 1 is 0.625 bits per heavy atom. The number of ether oxygens (including phenoxy) is 2. The van der Waals surface area contributed by atoms with E-state index < -0.39 is 0 Å². The van der Waals surface area contributed by atoms with Gasteiger partial charge in [-0.3, -0.25) is 19.9 Å². The van der Waals surface area contributed by atoms with Crippen LogP contribution < -0.4 is 0 Å². The van der Waals surface area contributed by atoms with Gasteiger partial charge in [0.1, 0.15) is 0 Å². The van der Waals surface area contributed by atoms with Crippen molar-refractivity contribution in [1.29, 1.82) is 0 Å². The van der Waals surface area contributed by atoms with Crippen LogP contribution in [0.4, 0.5) is 0 Å². The summed E-state index contributed by atoms with van der Waals surface area (Å²) in [5, 5.41) is 3.28. The molecule has 2 aromatic carbocycles. The van der Waals surface area contributed by atoms with E-state index in [2.05, 4.69) is 24.7 Å². The molecule has 246 valence electrons. The summed E-state index contributed by atoms with van der Waals surface area (Å²) in [6.45, 7) is 5.55. The van der Waals surface area contributed by atoms with Gasteiger partial charge in [0.15, 0.2) is 0 Å². The summed E-state index contributed by atoms with van der Waals surface area (Å²) in [5.74, 6) is -0.155. The highest BCUT2D eigenvalue weighted by Gasteiger charge is 2.10. The SMILES string of the molecule is COC(=O)c1cc(C)nc(C)c1.COC(=O)c1cc(C)nc(Cc2ccc3ncc(Cl)cc3c2)c1.ClCc1ccc2ncc(Cl)cc2c1. The van der Waals surface area contributed by atoms with Crippen molar-refractivity contribution < 1.29 is 19.1 Å². The molecular formula is C37H33Cl3N4O4. The number of halogens is 3. The lowest BCUT2D eigenvalue weighted by atomic mass is 10.0. The second-order valence-electron chi connectivity index (χ2n) is 10.8. The standard InChI is InChI=1S/C18H15ClN2O2.C10H7Cl2N.C9H11NO2/c1-11-5-14(18(22)23-2)9-16(21-11)7-12-3-4-17-13(6-12)8-15(19)10-20-17;11-5-7-1-2-10-8(3-7)4-9(12)6-13-10;1-6-4-8(9(11)12-3)5-7(2)10-6/h3-6,8-10H,7H2,1-2H3;1-4,6H,5H2;4-5H,1-3H3. The largest absolute Gasteiger partial charge is 0.465 e. The number of nitrogens with zero attached hydrogens (tertiary/aromatic N) is 4. The minimum Gasteiger partial charge on any atom is -0.465 e. The molecule has 0 saturated carbocycles. The number of aromatic nitrogens is 4. The fourth-order valence-electron chi connectivity index (χ4n) is 4.84. The molecule has 8 nitrogen and oxygen atoms in total. The van der Waals surface area contributed by atoms with Crippen molar-refractivity contribution >= 4 is 68.5 Å². The molecule has 11 heteroatoms. The number of hydrogen-bond donors (Lipinski definition) is 0. The molecular weight excluding hydrogens is 671 g/mol. The van der Waals surface area contributed by atoms with Gasteiger partial charge in [0, 0.05) is 58.2 Å². The molecule has 0 saturated heterocycles. The zero-order valence-electron chi connectivity index (χ0n) is 27.1. The molecule has 0 radical (unpaired) electrons. The van der Waals surface area contributed by atoms with Gasteiger partial charge in [0.2, 0.25) is 0 Å². The lowest BCUT2D eigenvalue weighted by Gasteiger charge is -2.07. The van der Waals surface area contributed by atoms with Gasteiger partial charge < -0.3 is 9.47 Å². The zero-order chi connectivity index (χ0) is 34.8. The molecule has 0 N–H and O–H groups in total. The second-order valence-corrected chi connectivity index (χ2v) is 11.9. The van der Waals surface area contributed by atoms with Crippen LogP contribution in [-0.4, -0.2) is 46.1 Å². The first-order valence-corrected chi connectivity index (χ1v) is 16.0. The molecule has 0 aliphatic rings. The molecule has 48 heavy (non-hydrogen) atoms. The van der Waals surface area contributed by atoms with Gasteiger partial charge in [-0.2, -0.15) is 0 Å². The van der Waals surface area contributed by atoms with Crippen molar-refractivity contribution in [2.45, 2.75) is 33.1 Å². The van der Waals surface area contributed by atoms with E-state index >= 15 is 0 Å². The summed E-state index contributed by atoms with van der Waals surface area (Å²) in [6, 6.07) is 22.6. The normalized spacial score (nSPS) is 10.4. The molecule has 0 unspecified atom stereocenters. The van der Waals surface area contributed by atoms with Crippen molar-refractivity contribution in [2.75, 3.05) is 14.2 Å². The smallest absolute Gasteiger partial charge is 0.337 e. The highest BCUT2D eigenvalue weighted by Crippen LogP contribution is 2.21. The second kappa shape index (κ2) is 17.0. The van der Waals surface area contributed by atoms with E-state index in [-0.39, 0.29) is 11.9 Å². The molecule has 0 atom stereocenters. The highest BCUT2D eigenvalue weighted by atomic mass is 35.5. The van der Waals surface area contributed by atoms with Crippen molar-refractivity contribution in [3.05, 3.63) is 140 Å². The summed E-state index contributed by atoms with van der Waals surface area (Å²) < 4.78 is 9.36. The molecule has 4 heterocycles. The van der Waals surface area contributed by atoms with E-state index in [0.29, 0.717) is 33.5 Å². The average molecular weight is 704 g/mol. The number of aryl methyl sites for hydroxylation is 3. The maximum atomic E-state index is 11.7. The zero-order valence-corrected chi connectivity index (χ0v) is 29.3. The Morgan fingerprint density at radius 3 is 1.58 bits per heavy atom. The van der Waals surface area contributed by atoms with Crippen LogP contribution in [0.15, 0.2) is 85.2 Å². The van der Waals surface area contributed by atoms with Crippen LogP contribution in [0.2, 0.25) is 10.0 Å². The molecule has 0 fully saturated rings. The van der Waals surface area contributed by atoms with Gasteiger partial charge in [0.05, 0.1) is 46.4 Å². The molecule has 0 spiro atoms. The van der Waals surface area contributed by atoms with Gasteiger partial charge in [-0.15, -0.1) is 11.6 Å². The predicted octanol–water partition coefficient (Wildman–Crippen LogP) is 9.08. The maximum Gasteiger partial charge on any atom is 0.337 e.